The lowest BCUT2D eigenvalue weighted by Crippen LogP contribution is -2.33. The lowest BCUT2D eigenvalue weighted by Gasteiger charge is -2.27. The van der Waals surface area contributed by atoms with Crippen LogP contribution in [0.2, 0.25) is 0 Å². The zero-order chi connectivity index (χ0) is 18.0. The Morgan fingerprint density at radius 2 is 1.44 bits per heavy atom. The maximum Gasteiger partial charge on any atom is 0.317 e. The fraction of sp³-hybridized carbons (Fsp3) is 0.364. The lowest BCUT2D eigenvalue weighted by molar-refractivity contribution is -0.161. The summed E-state index contributed by atoms with van der Waals surface area (Å²) in [6, 6.07) is 19.8. The van der Waals surface area contributed by atoms with Crippen molar-refractivity contribution in [2.75, 3.05) is 0 Å². The number of hydrogen-bond acceptors (Lipinski definition) is 3. The number of ether oxygens (including phenoxy) is 1. The molecule has 1 aliphatic rings. The molecule has 0 heterocycles. The van der Waals surface area contributed by atoms with Crippen LogP contribution in [0.3, 0.4) is 0 Å². The second kappa shape index (κ2) is 6.83. The van der Waals surface area contributed by atoms with Gasteiger partial charge in [0.15, 0.2) is 0 Å². The zero-order valence-corrected chi connectivity index (χ0v) is 14.9. The van der Waals surface area contributed by atoms with Crippen molar-refractivity contribution in [3.05, 3.63) is 71.8 Å². The molecule has 0 saturated heterocycles. The number of Topliss-reactive ketones (excluding diaryl/α,β-unsaturated/α-hetero) is 1. The zero-order valence-electron chi connectivity index (χ0n) is 14.9. The third-order valence-electron chi connectivity index (χ3n) is 4.63. The van der Waals surface area contributed by atoms with Crippen molar-refractivity contribution in [2.24, 2.45) is 5.92 Å². The molecule has 0 aromatic heterocycles. The Morgan fingerprint density at radius 3 is 1.96 bits per heavy atom. The Labute approximate surface area is 149 Å². The second-order valence-electron chi connectivity index (χ2n) is 7.64. The summed E-state index contributed by atoms with van der Waals surface area (Å²) in [6.07, 6.45) is 0.369. The van der Waals surface area contributed by atoms with Gasteiger partial charge in [-0.2, -0.15) is 0 Å². The predicted octanol–water partition coefficient (Wildman–Crippen LogP) is 4.48. The van der Waals surface area contributed by atoms with Crippen LogP contribution in [0.5, 0.6) is 0 Å². The molecular formula is C22H24O3. The van der Waals surface area contributed by atoms with Crippen LogP contribution >= 0.6 is 0 Å². The van der Waals surface area contributed by atoms with Gasteiger partial charge in [0, 0.05) is 12.3 Å². The molecule has 0 spiro atoms. The molecule has 0 amide bonds. The molecule has 0 N–H and O–H groups in total. The number of ketones is 1. The van der Waals surface area contributed by atoms with Gasteiger partial charge in [0.1, 0.15) is 17.3 Å². The van der Waals surface area contributed by atoms with Crippen LogP contribution in [0.1, 0.15) is 50.2 Å². The Kier molecular flexibility index (Phi) is 4.76. The largest absolute Gasteiger partial charge is 0.459 e. The van der Waals surface area contributed by atoms with Gasteiger partial charge in [-0.1, -0.05) is 60.7 Å². The number of carbonyl (C=O) groups excluding carboxylic acids is 2. The van der Waals surface area contributed by atoms with E-state index in [1.54, 1.807) is 0 Å². The van der Waals surface area contributed by atoms with Gasteiger partial charge in [-0.25, -0.2) is 0 Å². The number of hydrogen-bond donors (Lipinski definition) is 0. The van der Waals surface area contributed by atoms with Crippen molar-refractivity contribution in [1.29, 1.82) is 0 Å². The van der Waals surface area contributed by atoms with E-state index in [4.69, 9.17) is 4.74 Å². The van der Waals surface area contributed by atoms with E-state index in [-0.39, 0.29) is 17.6 Å². The van der Waals surface area contributed by atoms with Crippen molar-refractivity contribution in [2.45, 2.75) is 44.6 Å². The summed E-state index contributed by atoms with van der Waals surface area (Å²) in [5, 5.41) is 0. The summed E-state index contributed by atoms with van der Waals surface area (Å²) in [6.45, 7) is 5.49. The van der Waals surface area contributed by atoms with Crippen LogP contribution in [0.15, 0.2) is 60.7 Å². The van der Waals surface area contributed by atoms with Crippen molar-refractivity contribution in [3.8, 4) is 0 Å². The maximum atomic E-state index is 12.8. The highest BCUT2D eigenvalue weighted by Gasteiger charge is 2.49. The maximum absolute atomic E-state index is 12.8. The van der Waals surface area contributed by atoms with Crippen LogP contribution < -0.4 is 0 Å². The molecule has 3 nitrogen and oxygen atoms in total. The molecule has 1 fully saturated rings. The summed E-state index contributed by atoms with van der Waals surface area (Å²) >= 11 is 0. The predicted molar refractivity (Wildman–Crippen MR) is 97.3 cm³/mol. The van der Waals surface area contributed by atoms with Crippen LogP contribution in [0, 0.1) is 5.92 Å². The molecule has 130 valence electrons. The minimum atomic E-state index is -0.744. The fourth-order valence-electron chi connectivity index (χ4n) is 3.67. The van der Waals surface area contributed by atoms with E-state index in [1.165, 1.54) is 0 Å². The Bertz CT molecular complexity index is 744. The number of benzene rings is 2. The molecule has 1 saturated carbocycles. The topological polar surface area (TPSA) is 43.4 Å². The summed E-state index contributed by atoms with van der Waals surface area (Å²) in [7, 11) is 0. The number of carbonyl (C=O) groups is 2. The van der Waals surface area contributed by atoms with Crippen LogP contribution in [0.25, 0.3) is 0 Å². The van der Waals surface area contributed by atoms with Gasteiger partial charge >= 0.3 is 5.97 Å². The quantitative estimate of drug-likeness (QED) is 0.613. The molecule has 3 atom stereocenters. The average molecular weight is 336 g/mol. The monoisotopic (exact) mass is 336 g/mol. The van der Waals surface area contributed by atoms with Crippen LogP contribution in [-0.4, -0.2) is 17.4 Å². The van der Waals surface area contributed by atoms with E-state index in [0.29, 0.717) is 6.42 Å². The first-order valence-electron chi connectivity index (χ1n) is 8.72. The van der Waals surface area contributed by atoms with E-state index in [0.717, 1.165) is 11.1 Å². The molecular weight excluding hydrogens is 312 g/mol. The van der Waals surface area contributed by atoms with Gasteiger partial charge in [-0.15, -0.1) is 0 Å². The Hall–Kier alpha value is -2.42. The van der Waals surface area contributed by atoms with Gasteiger partial charge in [0.25, 0.3) is 0 Å². The minimum absolute atomic E-state index is 0.00591. The van der Waals surface area contributed by atoms with E-state index < -0.39 is 17.5 Å². The normalized spacial score (nSPS) is 23.5. The molecule has 1 aliphatic carbocycles. The molecule has 0 aliphatic heterocycles. The molecule has 0 bridgehead atoms. The third kappa shape index (κ3) is 3.81. The first-order valence-corrected chi connectivity index (χ1v) is 8.72. The highest BCUT2D eigenvalue weighted by molar-refractivity contribution is 6.02. The summed E-state index contributed by atoms with van der Waals surface area (Å²) < 4.78 is 5.57. The van der Waals surface area contributed by atoms with Crippen molar-refractivity contribution < 1.29 is 14.3 Å². The van der Waals surface area contributed by atoms with Crippen molar-refractivity contribution in [1.82, 2.24) is 0 Å². The Morgan fingerprint density at radius 1 is 0.920 bits per heavy atom. The molecule has 0 radical (unpaired) electrons. The average Bonchev–Trinajstić information content (AvgIpc) is 2.92. The molecule has 25 heavy (non-hydrogen) atoms. The van der Waals surface area contributed by atoms with Gasteiger partial charge < -0.3 is 4.74 Å². The highest BCUT2D eigenvalue weighted by atomic mass is 16.6. The van der Waals surface area contributed by atoms with Gasteiger partial charge in [0.05, 0.1) is 0 Å². The number of rotatable bonds is 3. The van der Waals surface area contributed by atoms with E-state index >= 15 is 0 Å². The summed E-state index contributed by atoms with van der Waals surface area (Å²) in [5.74, 6) is -1.38. The van der Waals surface area contributed by atoms with Crippen molar-refractivity contribution >= 4 is 11.8 Å². The lowest BCUT2D eigenvalue weighted by atomic mass is 9.80. The molecule has 0 unspecified atom stereocenters. The number of esters is 1. The van der Waals surface area contributed by atoms with Gasteiger partial charge in [0.2, 0.25) is 0 Å². The minimum Gasteiger partial charge on any atom is -0.459 e. The highest BCUT2D eigenvalue weighted by Crippen LogP contribution is 2.48. The second-order valence-corrected chi connectivity index (χ2v) is 7.64. The van der Waals surface area contributed by atoms with Crippen LogP contribution in [0.4, 0.5) is 0 Å². The molecule has 3 heteroatoms. The van der Waals surface area contributed by atoms with Gasteiger partial charge in [-0.3, -0.25) is 9.59 Å². The van der Waals surface area contributed by atoms with E-state index in [9.17, 15) is 9.59 Å². The Balaban J connectivity index is 2.01. The van der Waals surface area contributed by atoms with E-state index in [1.807, 2.05) is 81.4 Å². The summed E-state index contributed by atoms with van der Waals surface area (Å²) in [5.41, 5.74) is 1.50. The third-order valence-corrected chi connectivity index (χ3v) is 4.63. The van der Waals surface area contributed by atoms with Crippen molar-refractivity contribution in [3.63, 3.8) is 0 Å². The van der Waals surface area contributed by atoms with Crippen LogP contribution in [-0.2, 0) is 14.3 Å². The smallest absolute Gasteiger partial charge is 0.317 e. The molecule has 2 aromatic rings. The van der Waals surface area contributed by atoms with Gasteiger partial charge in [-0.05, 0) is 37.8 Å². The first-order chi connectivity index (χ1) is 11.9. The SMILES string of the molecule is CC(C)(C)OC(=O)[C@H]1C(=O)C[C@@H](c2ccccc2)[C@@H]1c1ccccc1. The molecule has 2 aromatic carbocycles. The standard InChI is InChI=1S/C22H24O3/c1-22(2,3)25-21(24)20-18(23)14-17(15-10-6-4-7-11-15)19(20)16-12-8-5-9-13-16/h4-13,17,19-20H,14H2,1-3H3/t17-,19-,20-/m0/s1. The fourth-order valence-corrected chi connectivity index (χ4v) is 3.67. The first kappa shape index (κ1) is 17.4. The molecule has 3 rings (SSSR count). The van der Waals surface area contributed by atoms with E-state index in [2.05, 4.69) is 0 Å². The summed E-state index contributed by atoms with van der Waals surface area (Å²) in [4.78, 5) is 25.6.